The fourth-order valence-corrected chi connectivity index (χ4v) is 4.71. The SMILES string of the molecule is Cc1cccc2cc(C(C)NC(=O)OC(C)(C)C)c(N3CCN(CC(=O)N4CCOCC4)CC3)nc12. The van der Waals surface area contributed by atoms with Gasteiger partial charge in [-0.3, -0.25) is 9.69 Å². The van der Waals surface area contributed by atoms with Gasteiger partial charge in [-0.2, -0.15) is 0 Å². The van der Waals surface area contributed by atoms with Gasteiger partial charge in [0.15, 0.2) is 0 Å². The van der Waals surface area contributed by atoms with Crippen molar-refractivity contribution in [3.8, 4) is 0 Å². The summed E-state index contributed by atoms with van der Waals surface area (Å²) in [5, 5.41) is 4.03. The first kappa shape index (κ1) is 26.2. The van der Waals surface area contributed by atoms with Gasteiger partial charge >= 0.3 is 6.09 Å². The quantitative estimate of drug-likeness (QED) is 0.679. The zero-order valence-corrected chi connectivity index (χ0v) is 22.2. The molecule has 2 aliphatic heterocycles. The van der Waals surface area contributed by atoms with Crippen molar-refractivity contribution in [2.45, 2.75) is 46.3 Å². The summed E-state index contributed by atoms with van der Waals surface area (Å²) in [7, 11) is 0. The Balaban J connectivity index is 1.50. The molecule has 36 heavy (non-hydrogen) atoms. The lowest BCUT2D eigenvalue weighted by Gasteiger charge is -2.37. The molecule has 1 aromatic heterocycles. The van der Waals surface area contributed by atoms with Crippen LogP contribution in [0.4, 0.5) is 10.6 Å². The van der Waals surface area contributed by atoms with Crippen LogP contribution in [0.1, 0.15) is 44.9 Å². The maximum atomic E-state index is 12.7. The van der Waals surface area contributed by atoms with Gasteiger partial charge in [0, 0.05) is 50.2 Å². The topological polar surface area (TPSA) is 87.2 Å². The van der Waals surface area contributed by atoms with Crippen LogP contribution < -0.4 is 10.2 Å². The number of anilines is 1. The first-order valence-electron chi connectivity index (χ1n) is 12.8. The maximum absolute atomic E-state index is 12.7. The number of carbonyl (C=O) groups excluding carboxylic acids is 2. The van der Waals surface area contributed by atoms with Gasteiger partial charge in [0.1, 0.15) is 11.4 Å². The Morgan fingerprint density at radius 1 is 1.11 bits per heavy atom. The smallest absolute Gasteiger partial charge is 0.408 e. The number of hydrogen-bond acceptors (Lipinski definition) is 7. The number of hydrogen-bond donors (Lipinski definition) is 1. The zero-order valence-electron chi connectivity index (χ0n) is 22.2. The van der Waals surface area contributed by atoms with Crippen LogP contribution in [0.15, 0.2) is 24.3 Å². The lowest BCUT2D eigenvalue weighted by Crippen LogP contribution is -2.52. The number of rotatable bonds is 5. The average molecular weight is 498 g/mol. The molecule has 0 spiro atoms. The normalized spacial score (nSPS) is 18.2. The number of benzene rings is 1. The molecule has 0 radical (unpaired) electrons. The molecule has 196 valence electrons. The highest BCUT2D eigenvalue weighted by molar-refractivity contribution is 5.85. The number of morpholine rings is 1. The van der Waals surface area contributed by atoms with E-state index in [0.717, 1.165) is 54.0 Å². The van der Waals surface area contributed by atoms with Crippen LogP contribution in [-0.2, 0) is 14.3 Å². The van der Waals surface area contributed by atoms with Crippen LogP contribution in [0.2, 0.25) is 0 Å². The molecule has 4 rings (SSSR count). The molecule has 2 fully saturated rings. The molecule has 9 nitrogen and oxygen atoms in total. The third kappa shape index (κ3) is 6.44. The van der Waals surface area contributed by atoms with Crippen LogP contribution in [0.25, 0.3) is 10.9 Å². The molecule has 0 bridgehead atoms. The van der Waals surface area contributed by atoms with E-state index >= 15 is 0 Å². The van der Waals surface area contributed by atoms with Crippen LogP contribution in [0.5, 0.6) is 0 Å². The van der Waals surface area contributed by atoms with Crippen molar-refractivity contribution in [1.82, 2.24) is 20.1 Å². The van der Waals surface area contributed by atoms with E-state index in [1.165, 1.54) is 0 Å². The van der Waals surface area contributed by atoms with Crippen molar-refractivity contribution in [1.29, 1.82) is 0 Å². The van der Waals surface area contributed by atoms with E-state index in [2.05, 4.69) is 40.2 Å². The van der Waals surface area contributed by atoms with Gasteiger partial charge in [0.2, 0.25) is 5.91 Å². The van der Waals surface area contributed by atoms with E-state index < -0.39 is 11.7 Å². The lowest BCUT2D eigenvalue weighted by atomic mass is 10.0. The minimum Gasteiger partial charge on any atom is -0.444 e. The number of pyridine rings is 1. The predicted molar refractivity (Wildman–Crippen MR) is 140 cm³/mol. The van der Waals surface area contributed by atoms with E-state index in [1.54, 1.807) is 0 Å². The van der Waals surface area contributed by atoms with Crippen molar-refractivity contribution in [2.24, 2.45) is 0 Å². The van der Waals surface area contributed by atoms with Crippen LogP contribution in [-0.4, -0.2) is 91.4 Å². The molecule has 0 aliphatic carbocycles. The van der Waals surface area contributed by atoms with Crippen LogP contribution in [0.3, 0.4) is 0 Å². The van der Waals surface area contributed by atoms with Gasteiger partial charge in [-0.1, -0.05) is 18.2 Å². The highest BCUT2D eigenvalue weighted by Crippen LogP contribution is 2.31. The van der Waals surface area contributed by atoms with Crippen molar-refractivity contribution < 1.29 is 19.1 Å². The Hall–Kier alpha value is -2.91. The lowest BCUT2D eigenvalue weighted by molar-refractivity contribution is -0.136. The number of carbonyl (C=O) groups is 2. The third-order valence-corrected chi connectivity index (χ3v) is 6.65. The van der Waals surface area contributed by atoms with E-state index in [-0.39, 0.29) is 11.9 Å². The summed E-state index contributed by atoms with van der Waals surface area (Å²) >= 11 is 0. The fourth-order valence-electron chi connectivity index (χ4n) is 4.71. The highest BCUT2D eigenvalue weighted by Gasteiger charge is 2.27. The first-order valence-corrected chi connectivity index (χ1v) is 12.8. The summed E-state index contributed by atoms with van der Waals surface area (Å²) in [6.07, 6.45) is -0.447. The maximum Gasteiger partial charge on any atom is 0.408 e. The average Bonchev–Trinajstić information content (AvgIpc) is 2.83. The number of para-hydroxylation sites is 1. The number of fused-ring (bicyclic) bond motifs is 1. The monoisotopic (exact) mass is 497 g/mol. The number of alkyl carbamates (subject to hydrolysis) is 1. The van der Waals surface area contributed by atoms with Crippen molar-refractivity contribution in [3.05, 3.63) is 35.4 Å². The second-order valence-electron chi connectivity index (χ2n) is 10.7. The summed E-state index contributed by atoms with van der Waals surface area (Å²) in [6.45, 7) is 15.7. The Morgan fingerprint density at radius 2 is 1.81 bits per heavy atom. The van der Waals surface area contributed by atoms with Gasteiger partial charge in [0.25, 0.3) is 0 Å². The van der Waals surface area contributed by atoms with Gasteiger partial charge in [-0.25, -0.2) is 9.78 Å². The van der Waals surface area contributed by atoms with E-state index in [0.29, 0.717) is 32.8 Å². The second kappa shape index (κ2) is 11.0. The Bertz CT molecular complexity index is 1090. The number of aromatic nitrogens is 1. The predicted octanol–water partition coefficient (Wildman–Crippen LogP) is 3.11. The molecule has 2 saturated heterocycles. The van der Waals surface area contributed by atoms with Gasteiger partial charge in [-0.15, -0.1) is 0 Å². The van der Waals surface area contributed by atoms with Gasteiger partial charge in [-0.05, 0) is 46.2 Å². The zero-order chi connectivity index (χ0) is 25.9. The molecule has 2 aliphatic rings. The van der Waals surface area contributed by atoms with Crippen LogP contribution in [0, 0.1) is 6.92 Å². The molecule has 3 heterocycles. The summed E-state index contributed by atoms with van der Waals surface area (Å²) in [6, 6.07) is 7.99. The van der Waals surface area contributed by atoms with Gasteiger partial charge < -0.3 is 24.6 Å². The van der Waals surface area contributed by atoms with Crippen molar-refractivity contribution >= 4 is 28.7 Å². The summed E-state index contributed by atoms with van der Waals surface area (Å²) < 4.78 is 10.9. The third-order valence-electron chi connectivity index (χ3n) is 6.65. The summed E-state index contributed by atoms with van der Waals surface area (Å²) in [5.41, 5.74) is 2.46. The Morgan fingerprint density at radius 3 is 2.47 bits per heavy atom. The molecule has 2 amide bonds. The number of ether oxygens (including phenoxy) is 2. The minimum absolute atomic E-state index is 0.169. The molecule has 1 atom stereocenters. The molecule has 9 heteroatoms. The number of amides is 2. The molecule has 1 N–H and O–H groups in total. The number of aryl methyl sites for hydroxylation is 1. The fraction of sp³-hybridized carbons (Fsp3) is 0.593. The minimum atomic E-state index is -0.569. The van der Waals surface area contributed by atoms with Gasteiger partial charge in [0.05, 0.1) is 31.3 Å². The number of nitrogens with zero attached hydrogens (tertiary/aromatic N) is 4. The summed E-state index contributed by atoms with van der Waals surface area (Å²) in [4.78, 5) is 36.7. The molecule has 2 aromatic rings. The molecule has 0 saturated carbocycles. The standard InChI is InChI=1S/C27H39N5O4/c1-19-7-6-8-21-17-22(20(2)28-26(34)36-27(3,4)5)25(29-24(19)21)32-11-9-30(10-12-32)18-23(33)31-13-15-35-16-14-31/h6-8,17,20H,9-16,18H2,1-5H3,(H,28,34). The van der Waals surface area contributed by atoms with Crippen LogP contribution >= 0.6 is 0 Å². The molecular formula is C27H39N5O4. The summed E-state index contributed by atoms with van der Waals surface area (Å²) in [5.74, 6) is 1.04. The highest BCUT2D eigenvalue weighted by atomic mass is 16.6. The Labute approximate surface area is 213 Å². The Kier molecular flexibility index (Phi) is 8.00. The van der Waals surface area contributed by atoms with E-state index in [1.807, 2.05) is 38.7 Å². The van der Waals surface area contributed by atoms with Crippen molar-refractivity contribution in [2.75, 3.05) is 63.9 Å². The first-order chi connectivity index (χ1) is 17.1. The van der Waals surface area contributed by atoms with Crippen molar-refractivity contribution in [3.63, 3.8) is 0 Å². The number of piperazine rings is 1. The number of nitrogens with one attached hydrogen (secondary N) is 1. The molecule has 1 unspecified atom stereocenters. The largest absolute Gasteiger partial charge is 0.444 e. The molecular weight excluding hydrogens is 458 g/mol. The van der Waals surface area contributed by atoms with E-state index in [4.69, 9.17) is 14.5 Å². The second-order valence-corrected chi connectivity index (χ2v) is 10.7. The van der Waals surface area contributed by atoms with E-state index in [9.17, 15) is 9.59 Å². The molecule has 1 aromatic carbocycles.